The van der Waals surface area contributed by atoms with Gasteiger partial charge in [0.15, 0.2) is 17.3 Å². The summed E-state index contributed by atoms with van der Waals surface area (Å²) in [5.74, 6) is 1.41. The highest BCUT2D eigenvalue weighted by Crippen LogP contribution is 2.25. The van der Waals surface area contributed by atoms with Crippen molar-refractivity contribution in [1.29, 1.82) is 0 Å². The number of nitrogens with zero attached hydrogens (tertiary/aromatic N) is 5. The van der Waals surface area contributed by atoms with Crippen molar-refractivity contribution >= 4 is 17.0 Å². The molecule has 136 valence electrons. The lowest BCUT2D eigenvalue weighted by Gasteiger charge is -2.11. The SMILES string of the molecule is CC(C)n1cnc2c(NCCc3ccccc3)nc(-c3cccnc3)nc21. The molecular weight excluding hydrogens is 336 g/mol. The monoisotopic (exact) mass is 358 g/mol. The van der Waals surface area contributed by atoms with Gasteiger partial charge in [-0.25, -0.2) is 15.0 Å². The summed E-state index contributed by atoms with van der Waals surface area (Å²) >= 11 is 0. The lowest BCUT2D eigenvalue weighted by Crippen LogP contribution is -2.09. The van der Waals surface area contributed by atoms with Crippen LogP contribution < -0.4 is 5.32 Å². The minimum absolute atomic E-state index is 0.267. The van der Waals surface area contributed by atoms with Gasteiger partial charge in [-0.15, -0.1) is 0 Å². The van der Waals surface area contributed by atoms with Crippen LogP contribution in [0.25, 0.3) is 22.6 Å². The number of rotatable bonds is 6. The first-order chi connectivity index (χ1) is 13.2. The van der Waals surface area contributed by atoms with Crippen molar-refractivity contribution < 1.29 is 0 Å². The van der Waals surface area contributed by atoms with E-state index in [0.717, 1.165) is 35.5 Å². The van der Waals surface area contributed by atoms with Crippen molar-refractivity contribution in [3.63, 3.8) is 0 Å². The quantitative estimate of drug-likeness (QED) is 0.561. The fourth-order valence-electron chi connectivity index (χ4n) is 3.01. The van der Waals surface area contributed by atoms with Gasteiger partial charge in [-0.2, -0.15) is 0 Å². The molecule has 1 N–H and O–H groups in total. The van der Waals surface area contributed by atoms with Gasteiger partial charge in [0.1, 0.15) is 5.52 Å². The van der Waals surface area contributed by atoms with E-state index < -0.39 is 0 Å². The number of nitrogens with one attached hydrogen (secondary N) is 1. The van der Waals surface area contributed by atoms with Crippen LogP contribution in [-0.4, -0.2) is 31.0 Å². The van der Waals surface area contributed by atoms with Crippen molar-refractivity contribution in [3.05, 3.63) is 66.7 Å². The summed E-state index contributed by atoms with van der Waals surface area (Å²) in [6, 6.07) is 14.5. The minimum Gasteiger partial charge on any atom is -0.368 e. The third-order valence-electron chi connectivity index (χ3n) is 4.45. The van der Waals surface area contributed by atoms with E-state index in [-0.39, 0.29) is 6.04 Å². The molecule has 0 saturated carbocycles. The molecule has 4 aromatic rings. The number of hydrogen-bond acceptors (Lipinski definition) is 5. The number of fused-ring (bicyclic) bond motifs is 1. The summed E-state index contributed by atoms with van der Waals surface area (Å²) in [4.78, 5) is 18.3. The van der Waals surface area contributed by atoms with Gasteiger partial charge in [0.25, 0.3) is 0 Å². The van der Waals surface area contributed by atoms with Crippen molar-refractivity contribution in [1.82, 2.24) is 24.5 Å². The minimum atomic E-state index is 0.267. The van der Waals surface area contributed by atoms with Crippen LogP contribution in [0.1, 0.15) is 25.5 Å². The summed E-state index contributed by atoms with van der Waals surface area (Å²) in [5, 5.41) is 3.45. The van der Waals surface area contributed by atoms with Gasteiger partial charge in [0.2, 0.25) is 0 Å². The topological polar surface area (TPSA) is 68.5 Å². The lowest BCUT2D eigenvalue weighted by atomic mass is 10.1. The van der Waals surface area contributed by atoms with Crippen molar-refractivity contribution in [2.75, 3.05) is 11.9 Å². The molecule has 0 amide bonds. The largest absolute Gasteiger partial charge is 0.368 e. The second-order valence-electron chi connectivity index (χ2n) is 6.72. The molecule has 0 aliphatic carbocycles. The predicted octanol–water partition coefficient (Wildman–Crippen LogP) is 4.12. The molecule has 0 aliphatic rings. The predicted molar refractivity (Wildman–Crippen MR) is 108 cm³/mol. The van der Waals surface area contributed by atoms with Crippen molar-refractivity contribution in [3.8, 4) is 11.4 Å². The molecule has 0 saturated heterocycles. The molecule has 0 aliphatic heterocycles. The third kappa shape index (κ3) is 3.65. The van der Waals surface area contributed by atoms with Gasteiger partial charge in [-0.05, 0) is 38.0 Å². The van der Waals surface area contributed by atoms with Crippen LogP contribution in [0.15, 0.2) is 61.2 Å². The number of anilines is 1. The molecule has 27 heavy (non-hydrogen) atoms. The van der Waals surface area contributed by atoms with Crippen LogP contribution >= 0.6 is 0 Å². The van der Waals surface area contributed by atoms with E-state index in [0.29, 0.717) is 5.82 Å². The molecule has 0 unspecified atom stereocenters. The maximum Gasteiger partial charge on any atom is 0.166 e. The second-order valence-corrected chi connectivity index (χ2v) is 6.72. The first-order valence-corrected chi connectivity index (χ1v) is 9.15. The highest BCUT2D eigenvalue weighted by molar-refractivity contribution is 5.85. The molecule has 6 heteroatoms. The first-order valence-electron chi connectivity index (χ1n) is 9.15. The fourth-order valence-corrected chi connectivity index (χ4v) is 3.01. The van der Waals surface area contributed by atoms with E-state index in [4.69, 9.17) is 9.97 Å². The Morgan fingerprint density at radius 2 is 1.89 bits per heavy atom. The molecule has 3 aromatic heterocycles. The zero-order valence-electron chi connectivity index (χ0n) is 15.5. The Bertz CT molecular complexity index is 1020. The van der Waals surface area contributed by atoms with Gasteiger partial charge < -0.3 is 9.88 Å². The van der Waals surface area contributed by atoms with E-state index in [1.807, 2.05) is 24.5 Å². The standard InChI is InChI=1S/C21H22N6/c1-15(2)27-14-24-18-20(23-12-10-16-7-4-3-5-8-16)25-19(26-21(18)27)17-9-6-11-22-13-17/h3-9,11,13-15H,10,12H2,1-2H3,(H,23,25,26). The molecule has 4 rings (SSSR count). The average molecular weight is 358 g/mol. The van der Waals surface area contributed by atoms with E-state index in [2.05, 4.69) is 58.0 Å². The summed E-state index contributed by atoms with van der Waals surface area (Å²) < 4.78 is 2.07. The highest BCUT2D eigenvalue weighted by Gasteiger charge is 2.15. The average Bonchev–Trinajstić information content (AvgIpc) is 3.14. The Kier molecular flexibility index (Phi) is 4.78. The maximum atomic E-state index is 4.76. The molecule has 1 aromatic carbocycles. The second kappa shape index (κ2) is 7.53. The Balaban J connectivity index is 1.69. The van der Waals surface area contributed by atoms with Gasteiger partial charge in [-0.1, -0.05) is 30.3 Å². The number of benzene rings is 1. The van der Waals surface area contributed by atoms with E-state index in [1.54, 1.807) is 12.4 Å². The zero-order valence-corrected chi connectivity index (χ0v) is 15.5. The van der Waals surface area contributed by atoms with Crippen LogP contribution in [0.5, 0.6) is 0 Å². The van der Waals surface area contributed by atoms with Crippen LogP contribution in [0.3, 0.4) is 0 Å². The number of hydrogen-bond donors (Lipinski definition) is 1. The zero-order chi connectivity index (χ0) is 18.6. The smallest absolute Gasteiger partial charge is 0.166 e. The lowest BCUT2D eigenvalue weighted by molar-refractivity contribution is 0.613. The Labute approximate surface area is 158 Å². The molecule has 3 heterocycles. The molecule has 0 atom stereocenters. The number of pyridine rings is 1. The normalized spacial score (nSPS) is 11.2. The van der Waals surface area contributed by atoms with Crippen LogP contribution in [0, 0.1) is 0 Å². The molecule has 0 radical (unpaired) electrons. The Hall–Kier alpha value is -3.28. The molecule has 0 bridgehead atoms. The number of aromatic nitrogens is 5. The Morgan fingerprint density at radius 1 is 1.04 bits per heavy atom. The summed E-state index contributed by atoms with van der Waals surface area (Å²) in [5.41, 5.74) is 3.81. The van der Waals surface area contributed by atoms with Crippen LogP contribution in [0.2, 0.25) is 0 Å². The molecule has 0 fully saturated rings. The fraction of sp³-hybridized carbons (Fsp3) is 0.238. The van der Waals surface area contributed by atoms with E-state index in [1.165, 1.54) is 5.56 Å². The summed E-state index contributed by atoms with van der Waals surface area (Å²) in [7, 11) is 0. The van der Waals surface area contributed by atoms with E-state index >= 15 is 0 Å². The third-order valence-corrected chi connectivity index (χ3v) is 4.45. The first kappa shape index (κ1) is 17.1. The van der Waals surface area contributed by atoms with Gasteiger partial charge in [-0.3, -0.25) is 4.98 Å². The van der Waals surface area contributed by atoms with Crippen molar-refractivity contribution in [2.24, 2.45) is 0 Å². The van der Waals surface area contributed by atoms with Gasteiger partial charge in [0, 0.05) is 30.5 Å². The molecule has 6 nitrogen and oxygen atoms in total. The van der Waals surface area contributed by atoms with Crippen molar-refractivity contribution in [2.45, 2.75) is 26.3 Å². The van der Waals surface area contributed by atoms with E-state index in [9.17, 15) is 0 Å². The molecule has 0 spiro atoms. The Morgan fingerprint density at radius 3 is 2.63 bits per heavy atom. The van der Waals surface area contributed by atoms with Crippen LogP contribution in [-0.2, 0) is 6.42 Å². The van der Waals surface area contributed by atoms with Gasteiger partial charge in [0.05, 0.1) is 6.33 Å². The van der Waals surface area contributed by atoms with Crippen LogP contribution in [0.4, 0.5) is 5.82 Å². The highest BCUT2D eigenvalue weighted by atomic mass is 15.2. The summed E-state index contributed by atoms with van der Waals surface area (Å²) in [6.45, 7) is 5.02. The summed E-state index contributed by atoms with van der Waals surface area (Å²) in [6.07, 6.45) is 6.28. The molecular formula is C21H22N6. The number of imidazole rings is 1. The maximum absolute atomic E-state index is 4.76. The van der Waals surface area contributed by atoms with Gasteiger partial charge >= 0.3 is 0 Å².